The van der Waals surface area contributed by atoms with Gasteiger partial charge in [-0.1, -0.05) is 0 Å². The first-order valence-corrected chi connectivity index (χ1v) is 5.76. The van der Waals surface area contributed by atoms with Crippen LogP contribution in [0.25, 0.3) is 4.85 Å². The van der Waals surface area contributed by atoms with Crippen LogP contribution < -0.4 is 0 Å². The molecule has 0 atom stereocenters. The Kier molecular flexibility index (Phi) is 2.41. The zero-order valence-electron chi connectivity index (χ0n) is 10.5. The predicted molar refractivity (Wildman–Crippen MR) is 61.3 cm³/mol. The summed E-state index contributed by atoms with van der Waals surface area (Å²) >= 11 is 0. The zero-order chi connectivity index (χ0) is 12.9. The summed E-state index contributed by atoms with van der Waals surface area (Å²) in [5.41, 5.74) is -1.57. The fourth-order valence-electron chi connectivity index (χ4n) is 2.82. The highest BCUT2D eigenvalue weighted by Gasteiger charge is 2.72. The monoisotopic (exact) mass is 238 g/mol. The van der Waals surface area contributed by atoms with E-state index in [0.29, 0.717) is 19.4 Å². The van der Waals surface area contributed by atoms with Gasteiger partial charge in [-0.3, -0.25) is 4.90 Å². The second-order valence-electron chi connectivity index (χ2n) is 6.14. The minimum atomic E-state index is -0.550. The molecule has 0 radical (unpaired) electrons. The molecule has 5 heteroatoms. The number of hydrogen-bond donors (Lipinski definition) is 1. The molecule has 5 nitrogen and oxygen atoms in total. The summed E-state index contributed by atoms with van der Waals surface area (Å²) in [5, 5.41) is 9.44. The number of aliphatic hydroxyl groups is 1. The van der Waals surface area contributed by atoms with Crippen LogP contribution in [-0.2, 0) is 4.74 Å². The Morgan fingerprint density at radius 1 is 1.53 bits per heavy atom. The average molecular weight is 238 g/mol. The minimum Gasteiger partial charge on any atom is -0.444 e. The Morgan fingerprint density at radius 3 is 2.53 bits per heavy atom. The zero-order valence-corrected chi connectivity index (χ0v) is 10.5. The van der Waals surface area contributed by atoms with Crippen molar-refractivity contribution in [2.75, 3.05) is 13.2 Å². The van der Waals surface area contributed by atoms with Crippen molar-refractivity contribution >= 4 is 6.09 Å². The molecule has 3 rings (SSSR count). The molecule has 0 unspecified atom stereocenters. The van der Waals surface area contributed by atoms with Crippen molar-refractivity contribution in [3.8, 4) is 0 Å². The maximum atomic E-state index is 12.0. The van der Waals surface area contributed by atoms with Crippen molar-refractivity contribution in [3.05, 3.63) is 11.4 Å². The quantitative estimate of drug-likeness (QED) is 0.703. The number of carbonyl (C=O) groups is 1. The summed E-state index contributed by atoms with van der Waals surface area (Å²) in [6.07, 6.45) is 0.716. The van der Waals surface area contributed by atoms with Crippen molar-refractivity contribution in [2.24, 2.45) is 0 Å². The lowest BCUT2D eigenvalue weighted by Crippen LogP contribution is -2.55. The molecule has 1 N–H and O–H groups in total. The van der Waals surface area contributed by atoms with E-state index < -0.39 is 22.8 Å². The lowest BCUT2D eigenvalue weighted by atomic mass is 9.68. The second kappa shape index (κ2) is 3.36. The third kappa shape index (κ3) is 1.77. The Morgan fingerprint density at radius 2 is 2.12 bits per heavy atom. The Balaban J connectivity index is 2.13. The van der Waals surface area contributed by atoms with Crippen molar-refractivity contribution in [2.45, 2.75) is 50.3 Å². The van der Waals surface area contributed by atoms with Gasteiger partial charge in [-0.2, -0.15) is 0 Å². The van der Waals surface area contributed by atoms with Gasteiger partial charge >= 0.3 is 6.09 Å². The van der Waals surface area contributed by atoms with Gasteiger partial charge in [0, 0.05) is 0 Å². The number of rotatable bonds is 1. The van der Waals surface area contributed by atoms with Crippen molar-refractivity contribution in [1.29, 1.82) is 0 Å². The first-order valence-electron chi connectivity index (χ1n) is 5.76. The molecule has 2 saturated heterocycles. The van der Waals surface area contributed by atoms with Gasteiger partial charge in [-0.05, 0) is 20.8 Å². The number of aliphatic hydroxyl groups excluding tert-OH is 1. The van der Waals surface area contributed by atoms with E-state index >= 15 is 0 Å². The molecule has 0 spiro atoms. The summed E-state index contributed by atoms with van der Waals surface area (Å²) in [6, 6.07) is 0. The second-order valence-corrected chi connectivity index (χ2v) is 6.14. The van der Waals surface area contributed by atoms with Gasteiger partial charge in [0.2, 0.25) is 0 Å². The van der Waals surface area contributed by atoms with Crippen LogP contribution in [0, 0.1) is 6.57 Å². The molecule has 1 amide bonds. The first kappa shape index (κ1) is 12.2. The third-order valence-corrected chi connectivity index (χ3v) is 3.49. The van der Waals surface area contributed by atoms with Gasteiger partial charge in [-0.15, -0.1) is 0 Å². The Labute approximate surface area is 101 Å². The van der Waals surface area contributed by atoms with E-state index in [9.17, 15) is 9.90 Å². The fraction of sp³-hybridized carbons (Fsp3) is 0.833. The van der Waals surface area contributed by atoms with E-state index in [2.05, 4.69) is 4.85 Å². The molecule has 1 saturated carbocycles. The van der Waals surface area contributed by atoms with Crippen LogP contribution in [0.4, 0.5) is 4.79 Å². The summed E-state index contributed by atoms with van der Waals surface area (Å²) in [5.74, 6) is 0. The smallest absolute Gasteiger partial charge is 0.411 e. The molecule has 0 aromatic rings. The topological polar surface area (TPSA) is 54.1 Å². The van der Waals surface area contributed by atoms with Crippen molar-refractivity contribution in [3.63, 3.8) is 0 Å². The third-order valence-electron chi connectivity index (χ3n) is 3.49. The van der Waals surface area contributed by atoms with E-state index in [4.69, 9.17) is 11.3 Å². The Hall–Kier alpha value is -1.28. The van der Waals surface area contributed by atoms with E-state index in [0.717, 1.165) is 0 Å². The van der Waals surface area contributed by atoms with Gasteiger partial charge in [-0.25, -0.2) is 11.4 Å². The molecule has 94 valence electrons. The maximum absolute atomic E-state index is 12.0. The molecule has 2 bridgehead atoms. The van der Waals surface area contributed by atoms with Gasteiger partial charge in [0.1, 0.15) is 12.1 Å². The highest BCUT2D eigenvalue weighted by molar-refractivity contribution is 5.71. The molecule has 2 aliphatic heterocycles. The number of amides is 1. The summed E-state index contributed by atoms with van der Waals surface area (Å²) in [7, 11) is 0. The molecule has 3 aliphatic rings. The van der Waals surface area contributed by atoms with Crippen molar-refractivity contribution in [1.82, 2.24) is 4.90 Å². The molecule has 3 fully saturated rings. The fourth-order valence-corrected chi connectivity index (χ4v) is 2.82. The van der Waals surface area contributed by atoms with E-state index in [1.165, 1.54) is 4.90 Å². The largest absolute Gasteiger partial charge is 0.444 e. The number of ether oxygens (including phenoxy) is 1. The highest BCUT2D eigenvalue weighted by atomic mass is 16.6. The van der Waals surface area contributed by atoms with E-state index in [1.807, 2.05) is 20.8 Å². The number of carbonyl (C=O) groups excluding carboxylic acids is 1. The summed E-state index contributed by atoms with van der Waals surface area (Å²) in [6.45, 7) is 12.9. The molecular weight excluding hydrogens is 220 g/mol. The van der Waals surface area contributed by atoms with Crippen LogP contribution in [0.15, 0.2) is 0 Å². The average Bonchev–Trinajstić information content (AvgIpc) is 2.64. The van der Waals surface area contributed by atoms with E-state index in [1.54, 1.807) is 0 Å². The maximum Gasteiger partial charge on any atom is 0.411 e. The minimum absolute atomic E-state index is 0.0937. The van der Waals surface area contributed by atoms with Crippen LogP contribution in [-0.4, -0.2) is 45.9 Å². The molecular formula is C12H18N2O3. The van der Waals surface area contributed by atoms with Crippen LogP contribution in [0.5, 0.6) is 0 Å². The van der Waals surface area contributed by atoms with Gasteiger partial charge in [0.15, 0.2) is 0 Å². The van der Waals surface area contributed by atoms with Crippen LogP contribution in [0.2, 0.25) is 0 Å². The van der Waals surface area contributed by atoms with Gasteiger partial charge in [0.05, 0.1) is 25.0 Å². The van der Waals surface area contributed by atoms with Gasteiger partial charge < -0.3 is 14.7 Å². The predicted octanol–water partition coefficient (Wildman–Crippen LogP) is 1.42. The van der Waals surface area contributed by atoms with Crippen LogP contribution >= 0.6 is 0 Å². The number of fused-ring (bicyclic) bond motifs is 1. The molecule has 2 heterocycles. The first-order chi connectivity index (χ1) is 7.76. The SMILES string of the molecule is [C-]#[N+]C12CN(C(=O)OC(C)(C)C)C(CO)(C1)C2. The molecule has 17 heavy (non-hydrogen) atoms. The Bertz CT molecular complexity index is 386. The standard InChI is InChI=1S/C12H18N2O3/c1-10(2,3)17-9(16)14-7-11(13-4)5-12(14,6-11)8-15/h15H,5-8H2,1-3H3. The molecule has 0 aromatic heterocycles. The van der Waals surface area contributed by atoms with Crippen LogP contribution in [0.3, 0.4) is 0 Å². The lowest BCUT2D eigenvalue weighted by Gasteiger charge is -2.40. The van der Waals surface area contributed by atoms with E-state index in [-0.39, 0.29) is 6.61 Å². The summed E-state index contributed by atoms with van der Waals surface area (Å²) in [4.78, 5) is 17.1. The lowest BCUT2D eigenvalue weighted by molar-refractivity contribution is -0.00923. The number of nitrogens with zero attached hydrogens (tertiary/aromatic N) is 2. The number of hydrogen-bond acceptors (Lipinski definition) is 3. The van der Waals surface area contributed by atoms with Crippen molar-refractivity contribution < 1.29 is 14.6 Å². The molecule has 1 aliphatic carbocycles. The molecule has 0 aromatic carbocycles. The van der Waals surface area contributed by atoms with Crippen LogP contribution in [0.1, 0.15) is 33.6 Å². The normalized spacial score (nSPS) is 35.1. The summed E-state index contributed by atoms with van der Waals surface area (Å²) < 4.78 is 5.31. The van der Waals surface area contributed by atoms with Gasteiger partial charge in [0.25, 0.3) is 5.54 Å². The highest BCUT2D eigenvalue weighted by Crippen LogP contribution is 2.55.